The first-order valence-corrected chi connectivity index (χ1v) is 16.0. The molecule has 0 N–H and O–H groups in total. The van der Waals surface area contributed by atoms with Gasteiger partial charge in [0.1, 0.15) is 6.61 Å². The van der Waals surface area contributed by atoms with Crippen molar-refractivity contribution in [3.8, 4) is 17.6 Å². The first-order valence-electron chi connectivity index (χ1n) is 14.1. The number of carbonyl (C=O) groups is 1. The minimum Gasteiger partial charge on any atom is -0.490 e. The molecule has 0 radical (unpaired) electrons. The van der Waals surface area contributed by atoms with Crippen LogP contribution in [0.4, 0.5) is 0 Å². The summed E-state index contributed by atoms with van der Waals surface area (Å²) < 4.78 is 20.3. The molecule has 44 heavy (non-hydrogen) atoms. The van der Waals surface area contributed by atoms with Crippen LogP contribution in [0.2, 0.25) is 0 Å². The standard InChI is InChI=1S/C34H30IN3O5S/c1-5-41-27-16-22(15-26(35)31(27)43-19-25-10-8-7-9-24(25)18-36)17-28-32(39)38-30(23-13-11-20(3)12-14-23)29(33(40)42-6-2)21(4)37-34(38)44-28/h7-17,30H,5-6,19H2,1-4H3/b28-17+/t30-/m1/s1. The lowest BCUT2D eigenvalue weighted by molar-refractivity contribution is -0.139. The Morgan fingerprint density at radius 2 is 1.84 bits per heavy atom. The molecule has 0 aliphatic carbocycles. The first kappa shape index (κ1) is 31.2. The van der Waals surface area contributed by atoms with Gasteiger partial charge in [0, 0.05) is 5.56 Å². The Labute approximate surface area is 272 Å². The molecule has 1 aromatic heterocycles. The highest BCUT2D eigenvalue weighted by molar-refractivity contribution is 14.1. The normalized spacial score (nSPS) is 14.5. The van der Waals surface area contributed by atoms with Crippen LogP contribution >= 0.6 is 33.9 Å². The Balaban J connectivity index is 1.58. The van der Waals surface area contributed by atoms with Crippen LogP contribution in [0.3, 0.4) is 0 Å². The maximum absolute atomic E-state index is 14.0. The lowest BCUT2D eigenvalue weighted by Crippen LogP contribution is -2.39. The van der Waals surface area contributed by atoms with Gasteiger partial charge in [-0.3, -0.25) is 9.36 Å². The summed E-state index contributed by atoms with van der Waals surface area (Å²) in [5, 5.41) is 9.45. The van der Waals surface area contributed by atoms with Gasteiger partial charge in [-0.25, -0.2) is 9.79 Å². The number of hydrogen-bond donors (Lipinski definition) is 0. The highest BCUT2D eigenvalue weighted by Crippen LogP contribution is 2.35. The summed E-state index contributed by atoms with van der Waals surface area (Å²) in [7, 11) is 0. The summed E-state index contributed by atoms with van der Waals surface area (Å²) >= 11 is 3.45. The molecule has 1 atom stereocenters. The predicted molar refractivity (Wildman–Crippen MR) is 177 cm³/mol. The molecule has 5 rings (SSSR count). The number of benzene rings is 3. The number of nitriles is 1. The van der Waals surface area contributed by atoms with E-state index in [9.17, 15) is 14.9 Å². The molecule has 10 heteroatoms. The third-order valence-corrected chi connectivity index (χ3v) is 8.83. The quantitative estimate of drug-likeness (QED) is 0.166. The molecule has 1 aliphatic heterocycles. The van der Waals surface area contributed by atoms with Gasteiger partial charge in [0.15, 0.2) is 16.3 Å². The monoisotopic (exact) mass is 719 g/mol. The van der Waals surface area contributed by atoms with Gasteiger partial charge >= 0.3 is 5.97 Å². The molecule has 3 aromatic carbocycles. The summed E-state index contributed by atoms with van der Waals surface area (Å²) in [6, 6.07) is 20.4. The zero-order valence-corrected chi connectivity index (χ0v) is 27.7. The van der Waals surface area contributed by atoms with E-state index in [4.69, 9.17) is 14.2 Å². The minimum atomic E-state index is -0.667. The van der Waals surface area contributed by atoms with E-state index in [1.807, 2.05) is 68.4 Å². The Kier molecular flexibility index (Phi) is 9.66. The van der Waals surface area contributed by atoms with Crippen LogP contribution in [-0.2, 0) is 16.1 Å². The number of thiazole rings is 1. The van der Waals surface area contributed by atoms with E-state index in [1.54, 1.807) is 30.6 Å². The number of carbonyl (C=O) groups excluding carboxylic acids is 1. The molecular weight excluding hydrogens is 689 g/mol. The van der Waals surface area contributed by atoms with Crippen LogP contribution in [0.25, 0.3) is 6.08 Å². The first-order chi connectivity index (χ1) is 21.2. The fourth-order valence-electron chi connectivity index (χ4n) is 4.99. The van der Waals surface area contributed by atoms with Gasteiger partial charge in [-0.1, -0.05) is 59.4 Å². The predicted octanol–water partition coefficient (Wildman–Crippen LogP) is 5.56. The topological polar surface area (TPSA) is 103 Å². The number of esters is 1. The molecule has 0 fully saturated rings. The van der Waals surface area contributed by atoms with Crippen molar-refractivity contribution >= 4 is 46.0 Å². The van der Waals surface area contributed by atoms with E-state index in [2.05, 4.69) is 33.7 Å². The summed E-state index contributed by atoms with van der Waals surface area (Å²) in [6.07, 6.45) is 1.80. The highest BCUT2D eigenvalue weighted by Gasteiger charge is 2.33. The SMILES string of the molecule is CCOC(=O)C1=C(C)N=c2s/c(=C/c3cc(I)c(OCc4ccccc4C#N)c(OCC)c3)c(=O)n2[C@@H]1c1ccc(C)cc1. The smallest absolute Gasteiger partial charge is 0.338 e. The summed E-state index contributed by atoms with van der Waals surface area (Å²) in [6.45, 7) is 8.24. The molecule has 8 nitrogen and oxygen atoms in total. The number of fused-ring (bicyclic) bond motifs is 1. The maximum atomic E-state index is 14.0. The lowest BCUT2D eigenvalue weighted by atomic mass is 9.95. The van der Waals surface area contributed by atoms with Gasteiger partial charge in [0.25, 0.3) is 5.56 Å². The van der Waals surface area contributed by atoms with Gasteiger partial charge in [-0.05, 0) is 85.7 Å². The average Bonchev–Trinajstić information content (AvgIpc) is 3.30. The molecule has 2 heterocycles. The Morgan fingerprint density at radius 1 is 1.09 bits per heavy atom. The third kappa shape index (κ3) is 6.34. The third-order valence-electron chi connectivity index (χ3n) is 7.05. The van der Waals surface area contributed by atoms with Crippen molar-refractivity contribution in [3.05, 3.63) is 123 Å². The summed E-state index contributed by atoms with van der Waals surface area (Å²) in [4.78, 5) is 32.3. The largest absolute Gasteiger partial charge is 0.490 e. The fourth-order valence-corrected chi connectivity index (χ4v) is 6.81. The summed E-state index contributed by atoms with van der Waals surface area (Å²) in [5.74, 6) is 0.608. The van der Waals surface area contributed by atoms with E-state index < -0.39 is 12.0 Å². The average molecular weight is 720 g/mol. The van der Waals surface area contributed by atoms with Crippen molar-refractivity contribution in [2.45, 2.75) is 40.3 Å². The van der Waals surface area contributed by atoms with E-state index >= 15 is 0 Å². The Hall–Kier alpha value is -4.21. The van der Waals surface area contributed by atoms with E-state index in [-0.39, 0.29) is 18.8 Å². The molecule has 0 amide bonds. The van der Waals surface area contributed by atoms with E-state index in [0.29, 0.717) is 44.3 Å². The second-order valence-corrected chi connectivity index (χ2v) is 12.2. The number of hydrogen-bond acceptors (Lipinski definition) is 8. The maximum Gasteiger partial charge on any atom is 0.338 e. The van der Waals surface area contributed by atoms with Crippen LogP contribution < -0.4 is 24.4 Å². The van der Waals surface area contributed by atoms with Crippen molar-refractivity contribution in [3.63, 3.8) is 0 Å². The van der Waals surface area contributed by atoms with Crippen LogP contribution in [0, 0.1) is 21.8 Å². The van der Waals surface area contributed by atoms with Crippen molar-refractivity contribution in [2.75, 3.05) is 13.2 Å². The van der Waals surface area contributed by atoms with Gasteiger partial charge in [0.05, 0.1) is 50.3 Å². The number of rotatable bonds is 9. The highest BCUT2D eigenvalue weighted by atomic mass is 127. The molecular formula is C34H30IN3O5S. The number of aromatic nitrogens is 1. The molecule has 0 bridgehead atoms. The number of nitrogens with zero attached hydrogens (tertiary/aromatic N) is 3. The van der Waals surface area contributed by atoms with Gasteiger partial charge in [0.2, 0.25) is 0 Å². The second kappa shape index (κ2) is 13.6. The van der Waals surface area contributed by atoms with Gasteiger partial charge in [-0.2, -0.15) is 5.26 Å². The summed E-state index contributed by atoms with van der Waals surface area (Å²) in [5.41, 5.74) is 4.57. The zero-order chi connectivity index (χ0) is 31.4. The van der Waals surface area contributed by atoms with Crippen molar-refractivity contribution in [2.24, 2.45) is 4.99 Å². The molecule has 0 spiro atoms. The number of allylic oxidation sites excluding steroid dienone is 1. The lowest BCUT2D eigenvalue weighted by Gasteiger charge is -2.24. The van der Waals surface area contributed by atoms with E-state index in [0.717, 1.165) is 25.8 Å². The minimum absolute atomic E-state index is 0.207. The molecule has 0 saturated heterocycles. The molecule has 4 aromatic rings. The van der Waals surface area contributed by atoms with Crippen LogP contribution in [-0.4, -0.2) is 23.8 Å². The molecule has 1 aliphatic rings. The van der Waals surface area contributed by atoms with Crippen molar-refractivity contribution in [1.29, 1.82) is 5.26 Å². The van der Waals surface area contributed by atoms with Crippen LogP contribution in [0.1, 0.15) is 54.6 Å². The Bertz CT molecular complexity index is 1990. The van der Waals surface area contributed by atoms with E-state index in [1.165, 1.54) is 11.3 Å². The fraction of sp³-hybridized carbons (Fsp3) is 0.235. The molecule has 0 saturated carbocycles. The van der Waals surface area contributed by atoms with Gasteiger partial charge in [-0.15, -0.1) is 0 Å². The molecule has 0 unspecified atom stereocenters. The van der Waals surface area contributed by atoms with Crippen LogP contribution in [0.5, 0.6) is 11.5 Å². The Morgan fingerprint density at radius 3 is 2.55 bits per heavy atom. The molecule has 224 valence electrons. The number of aryl methyl sites for hydroxylation is 1. The van der Waals surface area contributed by atoms with Crippen LogP contribution in [0.15, 0.2) is 81.7 Å². The van der Waals surface area contributed by atoms with Crippen molar-refractivity contribution < 1.29 is 19.0 Å². The number of ether oxygens (including phenoxy) is 3. The van der Waals surface area contributed by atoms with Gasteiger partial charge < -0.3 is 14.2 Å². The second-order valence-electron chi connectivity index (χ2n) is 10.0. The number of halogens is 1. The van der Waals surface area contributed by atoms with Crippen molar-refractivity contribution in [1.82, 2.24) is 4.57 Å². The zero-order valence-electron chi connectivity index (χ0n) is 24.7.